The zero-order valence-corrected chi connectivity index (χ0v) is 15.3. The van der Waals surface area contributed by atoms with Gasteiger partial charge in [0, 0.05) is 12.0 Å². The molecule has 0 atom stereocenters. The van der Waals surface area contributed by atoms with Crippen LogP contribution in [0.1, 0.15) is 21.7 Å². The van der Waals surface area contributed by atoms with Crippen LogP contribution in [0, 0.1) is 0 Å². The fourth-order valence-corrected chi connectivity index (χ4v) is 3.24. The zero-order valence-electron chi connectivity index (χ0n) is 14.5. The lowest BCUT2D eigenvalue weighted by molar-refractivity contribution is 0.102. The molecule has 1 aromatic heterocycles. The third-order valence-corrected chi connectivity index (χ3v) is 4.90. The van der Waals surface area contributed by atoms with E-state index in [2.05, 4.69) is 22.3 Å². The number of aromatic nitrogens is 3. The van der Waals surface area contributed by atoms with Crippen molar-refractivity contribution >= 4 is 17.5 Å². The molecule has 0 unspecified atom stereocenters. The number of rotatable bonds is 8. The van der Waals surface area contributed by atoms with Crippen LogP contribution in [-0.2, 0) is 12.8 Å². The number of nitrogen functional groups attached to an aromatic ring is 1. The molecule has 3 aromatic rings. The van der Waals surface area contributed by atoms with E-state index in [1.54, 1.807) is 31.4 Å². The summed E-state index contributed by atoms with van der Waals surface area (Å²) < 4.78 is 6.56. The summed E-state index contributed by atoms with van der Waals surface area (Å²) in [6.07, 6.45) is 1.53. The first kappa shape index (κ1) is 18.0. The lowest BCUT2D eigenvalue weighted by Crippen LogP contribution is -2.15. The first-order valence-corrected chi connectivity index (χ1v) is 9.19. The average Bonchev–Trinajstić information content (AvgIpc) is 3.05. The number of hydrogen-bond donors (Lipinski definition) is 1. The predicted octanol–water partition coefficient (Wildman–Crippen LogP) is 2.76. The summed E-state index contributed by atoms with van der Waals surface area (Å²) in [5.41, 5.74) is 1.85. The minimum atomic E-state index is 0.00601. The summed E-state index contributed by atoms with van der Waals surface area (Å²) in [6, 6.07) is 17.2. The summed E-state index contributed by atoms with van der Waals surface area (Å²) in [7, 11) is 1.59. The van der Waals surface area contributed by atoms with Crippen LogP contribution in [0.25, 0.3) is 0 Å². The lowest BCUT2D eigenvalue weighted by atomic mass is 10.1. The van der Waals surface area contributed by atoms with Crippen molar-refractivity contribution in [1.29, 1.82) is 0 Å². The van der Waals surface area contributed by atoms with E-state index < -0.39 is 0 Å². The van der Waals surface area contributed by atoms with Crippen molar-refractivity contribution in [1.82, 2.24) is 14.9 Å². The number of aryl methyl sites for hydroxylation is 2. The quantitative estimate of drug-likeness (QED) is 0.374. The highest BCUT2D eigenvalue weighted by Crippen LogP contribution is 2.18. The van der Waals surface area contributed by atoms with Crippen LogP contribution >= 0.6 is 11.8 Å². The van der Waals surface area contributed by atoms with Crippen LogP contribution in [0.2, 0.25) is 0 Å². The fourth-order valence-electron chi connectivity index (χ4n) is 2.47. The Hall–Kier alpha value is -2.80. The molecular weight excluding hydrogens is 348 g/mol. The summed E-state index contributed by atoms with van der Waals surface area (Å²) in [5.74, 6) is 7.75. The number of ether oxygens (including phenoxy) is 1. The molecule has 134 valence electrons. The van der Waals surface area contributed by atoms with Crippen LogP contribution in [0.3, 0.4) is 0 Å². The van der Waals surface area contributed by atoms with E-state index in [0.29, 0.717) is 23.0 Å². The Bertz CT molecular complexity index is 863. The van der Waals surface area contributed by atoms with Gasteiger partial charge < -0.3 is 10.6 Å². The van der Waals surface area contributed by atoms with Crippen molar-refractivity contribution in [3.8, 4) is 5.75 Å². The van der Waals surface area contributed by atoms with Crippen molar-refractivity contribution in [2.24, 2.45) is 0 Å². The molecule has 2 aromatic carbocycles. The van der Waals surface area contributed by atoms with E-state index in [9.17, 15) is 4.79 Å². The monoisotopic (exact) mass is 368 g/mol. The molecule has 0 spiro atoms. The maximum Gasteiger partial charge on any atom is 0.210 e. The number of thioether (sulfide) groups is 1. The first-order valence-electron chi connectivity index (χ1n) is 8.20. The molecule has 0 saturated carbocycles. The van der Waals surface area contributed by atoms with E-state index in [1.807, 2.05) is 18.2 Å². The summed E-state index contributed by atoms with van der Waals surface area (Å²) in [6.45, 7) is 0. The number of Topliss-reactive ketones (excluding diaryl/α,β-unsaturated/α-hetero) is 1. The van der Waals surface area contributed by atoms with Crippen molar-refractivity contribution in [3.63, 3.8) is 0 Å². The van der Waals surface area contributed by atoms with E-state index in [0.717, 1.165) is 12.2 Å². The minimum Gasteiger partial charge on any atom is -0.497 e. The highest BCUT2D eigenvalue weighted by Gasteiger charge is 2.13. The Balaban J connectivity index is 1.56. The topological polar surface area (TPSA) is 83.0 Å². The average molecular weight is 368 g/mol. The maximum atomic E-state index is 12.3. The van der Waals surface area contributed by atoms with Gasteiger partial charge in [-0.15, -0.1) is 10.2 Å². The van der Waals surface area contributed by atoms with E-state index in [1.165, 1.54) is 22.0 Å². The molecule has 0 aliphatic rings. The third-order valence-electron chi connectivity index (χ3n) is 3.96. The smallest absolute Gasteiger partial charge is 0.210 e. The van der Waals surface area contributed by atoms with Gasteiger partial charge in [-0.3, -0.25) is 4.79 Å². The number of ketones is 1. The normalized spacial score (nSPS) is 10.7. The number of carbonyl (C=O) groups excluding carboxylic acids is 1. The molecule has 0 amide bonds. The van der Waals surface area contributed by atoms with Gasteiger partial charge in [0.15, 0.2) is 11.6 Å². The summed E-state index contributed by atoms with van der Waals surface area (Å²) in [4.78, 5) is 12.3. The standard InChI is InChI=1S/C19H20N4O2S/c1-25-16-10-8-15(9-11-16)17(24)13-26-19-22-21-18(23(19)20)12-7-14-5-3-2-4-6-14/h2-6,8-11H,7,12-13,20H2,1H3. The van der Waals surface area contributed by atoms with Gasteiger partial charge in [-0.05, 0) is 36.2 Å². The van der Waals surface area contributed by atoms with Gasteiger partial charge in [0.05, 0.1) is 12.9 Å². The molecule has 2 N–H and O–H groups in total. The van der Waals surface area contributed by atoms with Gasteiger partial charge in [0.25, 0.3) is 0 Å². The highest BCUT2D eigenvalue weighted by molar-refractivity contribution is 7.99. The molecule has 7 heteroatoms. The van der Waals surface area contributed by atoms with Crippen molar-refractivity contribution in [2.75, 3.05) is 18.7 Å². The summed E-state index contributed by atoms with van der Waals surface area (Å²) in [5, 5.41) is 8.78. The number of nitrogens with two attached hydrogens (primary N) is 1. The van der Waals surface area contributed by atoms with Crippen molar-refractivity contribution < 1.29 is 9.53 Å². The molecule has 0 radical (unpaired) electrons. The van der Waals surface area contributed by atoms with Crippen molar-refractivity contribution in [3.05, 3.63) is 71.5 Å². The van der Waals surface area contributed by atoms with E-state index in [4.69, 9.17) is 10.6 Å². The molecule has 0 saturated heterocycles. The molecule has 6 nitrogen and oxygen atoms in total. The second-order valence-electron chi connectivity index (χ2n) is 5.69. The summed E-state index contributed by atoms with van der Waals surface area (Å²) >= 11 is 1.29. The SMILES string of the molecule is COc1ccc(C(=O)CSc2nnc(CCc3ccccc3)n2N)cc1. The van der Waals surface area contributed by atoms with Crippen LogP contribution < -0.4 is 10.6 Å². The zero-order chi connectivity index (χ0) is 18.4. The van der Waals surface area contributed by atoms with Gasteiger partial charge in [-0.1, -0.05) is 42.1 Å². The van der Waals surface area contributed by atoms with E-state index in [-0.39, 0.29) is 11.5 Å². The largest absolute Gasteiger partial charge is 0.497 e. The molecular formula is C19H20N4O2S. The molecule has 0 aliphatic heterocycles. The predicted molar refractivity (Wildman–Crippen MR) is 102 cm³/mol. The third kappa shape index (κ3) is 4.43. The van der Waals surface area contributed by atoms with Gasteiger partial charge in [-0.2, -0.15) is 0 Å². The minimum absolute atomic E-state index is 0.00601. The number of benzene rings is 2. The van der Waals surface area contributed by atoms with Crippen LogP contribution in [-0.4, -0.2) is 33.5 Å². The molecule has 1 heterocycles. The lowest BCUT2D eigenvalue weighted by Gasteiger charge is -2.05. The van der Waals surface area contributed by atoms with Gasteiger partial charge >= 0.3 is 0 Å². The van der Waals surface area contributed by atoms with Crippen LogP contribution in [0.4, 0.5) is 0 Å². The van der Waals surface area contributed by atoms with E-state index >= 15 is 0 Å². The van der Waals surface area contributed by atoms with Gasteiger partial charge in [-0.25, -0.2) is 4.68 Å². The Morgan fingerprint density at radius 2 is 1.81 bits per heavy atom. The van der Waals surface area contributed by atoms with Gasteiger partial charge in [0.1, 0.15) is 5.75 Å². The Morgan fingerprint density at radius 1 is 1.08 bits per heavy atom. The Morgan fingerprint density at radius 3 is 2.50 bits per heavy atom. The number of carbonyl (C=O) groups is 1. The van der Waals surface area contributed by atoms with Crippen molar-refractivity contribution in [2.45, 2.75) is 18.0 Å². The molecule has 26 heavy (non-hydrogen) atoms. The number of methoxy groups -OCH3 is 1. The number of nitrogens with zero attached hydrogens (tertiary/aromatic N) is 3. The first-order chi connectivity index (χ1) is 12.7. The van der Waals surface area contributed by atoms with Crippen LogP contribution in [0.15, 0.2) is 59.8 Å². The van der Waals surface area contributed by atoms with Gasteiger partial charge in [0.2, 0.25) is 5.16 Å². The molecule has 0 bridgehead atoms. The molecule has 0 aliphatic carbocycles. The molecule has 3 rings (SSSR count). The molecule has 0 fully saturated rings. The second-order valence-corrected chi connectivity index (χ2v) is 6.64. The Labute approximate surface area is 156 Å². The van der Waals surface area contributed by atoms with Crippen LogP contribution in [0.5, 0.6) is 5.75 Å². The number of hydrogen-bond acceptors (Lipinski definition) is 6. The fraction of sp³-hybridized carbons (Fsp3) is 0.211. The maximum absolute atomic E-state index is 12.3. The Kier molecular flexibility index (Phi) is 5.91. The highest BCUT2D eigenvalue weighted by atomic mass is 32.2. The second kappa shape index (κ2) is 8.53.